The number of benzene rings is 1. The van der Waals surface area contributed by atoms with Crippen LogP contribution in [0.25, 0.3) is 0 Å². The second-order valence-corrected chi connectivity index (χ2v) is 7.29. The summed E-state index contributed by atoms with van der Waals surface area (Å²) in [5.41, 5.74) is 1.58. The summed E-state index contributed by atoms with van der Waals surface area (Å²) >= 11 is 0. The average Bonchev–Trinajstić information content (AvgIpc) is 2.50. The maximum absolute atomic E-state index is 11.9. The molecular formula is C15H26N2O3S. The predicted octanol–water partition coefficient (Wildman–Crippen LogP) is 2.11. The quantitative estimate of drug-likeness (QED) is 0.687. The summed E-state index contributed by atoms with van der Waals surface area (Å²) < 4.78 is 26.0. The van der Waals surface area contributed by atoms with E-state index in [2.05, 4.69) is 23.9 Å². The van der Waals surface area contributed by atoms with Gasteiger partial charge in [0.1, 0.15) is 0 Å². The Labute approximate surface area is 127 Å². The first kappa shape index (κ1) is 17.9. The van der Waals surface area contributed by atoms with Crippen LogP contribution in [0.5, 0.6) is 0 Å². The highest BCUT2D eigenvalue weighted by Crippen LogP contribution is 2.27. The fourth-order valence-electron chi connectivity index (χ4n) is 2.14. The molecule has 1 aromatic rings. The van der Waals surface area contributed by atoms with E-state index in [-0.39, 0.29) is 16.9 Å². The maximum atomic E-state index is 11.9. The van der Waals surface area contributed by atoms with E-state index in [1.54, 1.807) is 18.2 Å². The van der Waals surface area contributed by atoms with Crippen molar-refractivity contribution in [3.05, 3.63) is 23.8 Å². The van der Waals surface area contributed by atoms with Crippen molar-refractivity contribution in [3.8, 4) is 0 Å². The fourth-order valence-corrected chi connectivity index (χ4v) is 2.89. The van der Waals surface area contributed by atoms with Crippen molar-refractivity contribution < 1.29 is 13.5 Å². The molecule has 1 rings (SSSR count). The van der Waals surface area contributed by atoms with Crippen LogP contribution in [0.1, 0.15) is 32.3 Å². The molecule has 0 unspecified atom stereocenters. The lowest BCUT2D eigenvalue weighted by Crippen LogP contribution is -2.32. The van der Waals surface area contributed by atoms with Gasteiger partial charge in [-0.25, -0.2) is 13.1 Å². The van der Waals surface area contributed by atoms with Gasteiger partial charge in [-0.2, -0.15) is 0 Å². The molecule has 120 valence electrons. The molecule has 1 aromatic carbocycles. The van der Waals surface area contributed by atoms with E-state index in [1.165, 1.54) is 7.05 Å². The van der Waals surface area contributed by atoms with Gasteiger partial charge in [0.05, 0.1) is 11.5 Å². The molecule has 21 heavy (non-hydrogen) atoms. The highest BCUT2D eigenvalue weighted by Gasteiger charge is 2.25. The summed E-state index contributed by atoms with van der Waals surface area (Å²) in [6, 6.07) is 5.00. The Morgan fingerprint density at radius 1 is 1.24 bits per heavy atom. The highest BCUT2D eigenvalue weighted by atomic mass is 32.2. The molecule has 5 nitrogen and oxygen atoms in total. The lowest BCUT2D eigenvalue weighted by atomic mass is 9.83. The number of anilines is 1. The summed E-state index contributed by atoms with van der Waals surface area (Å²) in [6.07, 6.45) is 1.72. The van der Waals surface area contributed by atoms with Crippen LogP contribution >= 0.6 is 0 Å². The maximum Gasteiger partial charge on any atom is 0.240 e. The van der Waals surface area contributed by atoms with Crippen LogP contribution in [0.4, 0.5) is 5.69 Å². The van der Waals surface area contributed by atoms with Crippen molar-refractivity contribution in [1.29, 1.82) is 0 Å². The minimum atomic E-state index is -3.45. The predicted molar refractivity (Wildman–Crippen MR) is 86.0 cm³/mol. The molecule has 0 aliphatic heterocycles. The summed E-state index contributed by atoms with van der Waals surface area (Å²) in [5, 5.41) is 12.9. The van der Waals surface area contributed by atoms with Gasteiger partial charge in [0, 0.05) is 17.6 Å². The largest absolute Gasteiger partial charge is 0.396 e. The zero-order valence-electron chi connectivity index (χ0n) is 13.2. The van der Waals surface area contributed by atoms with Crippen molar-refractivity contribution in [2.75, 3.05) is 25.5 Å². The first-order valence-electron chi connectivity index (χ1n) is 7.23. The monoisotopic (exact) mass is 314 g/mol. The van der Waals surface area contributed by atoms with Crippen LogP contribution in [0, 0.1) is 12.3 Å². The van der Waals surface area contributed by atoms with Crippen molar-refractivity contribution in [2.45, 2.75) is 38.5 Å². The first-order valence-corrected chi connectivity index (χ1v) is 8.71. The second kappa shape index (κ2) is 7.24. The van der Waals surface area contributed by atoms with Crippen molar-refractivity contribution in [3.63, 3.8) is 0 Å². The molecule has 0 aromatic heterocycles. The van der Waals surface area contributed by atoms with Gasteiger partial charge < -0.3 is 10.4 Å². The van der Waals surface area contributed by atoms with Gasteiger partial charge in [0.25, 0.3) is 0 Å². The summed E-state index contributed by atoms with van der Waals surface area (Å²) in [4.78, 5) is 0.237. The van der Waals surface area contributed by atoms with Crippen LogP contribution in [-0.4, -0.2) is 33.7 Å². The van der Waals surface area contributed by atoms with Gasteiger partial charge >= 0.3 is 0 Å². The molecule has 0 spiro atoms. The zero-order chi connectivity index (χ0) is 16.1. The molecule has 0 amide bonds. The average molecular weight is 314 g/mol. The van der Waals surface area contributed by atoms with E-state index in [9.17, 15) is 13.5 Å². The molecule has 0 fully saturated rings. The molecule has 0 aliphatic carbocycles. The lowest BCUT2D eigenvalue weighted by Gasteiger charge is -2.30. The Morgan fingerprint density at radius 2 is 1.86 bits per heavy atom. The zero-order valence-corrected chi connectivity index (χ0v) is 14.0. The van der Waals surface area contributed by atoms with Gasteiger partial charge in [-0.15, -0.1) is 0 Å². The first-order chi connectivity index (χ1) is 9.84. The molecule has 0 atom stereocenters. The Hall–Kier alpha value is -1.11. The van der Waals surface area contributed by atoms with E-state index in [1.807, 2.05) is 6.92 Å². The lowest BCUT2D eigenvalue weighted by molar-refractivity contribution is 0.127. The number of hydrogen-bond acceptors (Lipinski definition) is 4. The Morgan fingerprint density at radius 3 is 2.33 bits per heavy atom. The number of nitrogens with one attached hydrogen (secondary N) is 2. The van der Waals surface area contributed by atoms with Crippen LogP contribution in [-0.2, 0) is 10.0 Å². The molecular weight excluding hydrogens is 288 g/mol. The third kappa shape index (κ3) is 4.18. The Balaban J connectivity index is 3.01. The van der Waals surface area contributed by atoms with Gasteiger partial charge in [-0.3, -0.25) is 0 Å². The summed E-state index contributed by atoms with van der Waals surface area (Å²) in [5.74, 6) is 0. The van der Waals surface area contributed by atoms with Gasteiger partial charge in [-0.1, -0.05) is 19.9 Å². The number of rotatable bonds is 8. The molecule has 6 heteroatoms. The normalized spacial score (nSPS) is 12.4. The van der Waals surface area contributed by atoms with E-state index in [0.29, 0.717) is 6.54 Å². The number of aliphatic hydroxyl groups is 1. The minimum Gasteiger partial charge on any atom is -0.396 e. The van der Waals surface area contributed by atoms with Crippen molar-refractivity contribution >= 4 is 15.7 Å². The van der Waals surface area contributed by atoms with Gasteiger partial charge in [0.15, 0.2) is 0 Å². The van der Waals surface area contributed by atoms with E-state index < -0.39 is 10.0 Å². The number of aryl methyl sites for hydroxylation is 1. The molecule has 0 bridgehead atoms. The Bertz CT molecular complexity index is 558. The van der Waals surface area contributed by atoms with Crippen molar-refractivity contribution in [2.24, 2.45) is 5.41 Å². The van der Waals surface area contributed by atoms with E-state index in [4.69, 9.17) is 0 Å². The van der Waals surface area contributed by atoms with Crippen LogP contribution in [0.15, 0.2) is 23.1 Å². The Kier molecular flexibility index (Phi) is 6.19. The smallest absolute Gasteiger partial charge is 0.240 e. The summed E-state index contributed by atoms with van der Waals surface area (Å²) in [6.45, 7) is 6.75. The molecule has 0 heterocycles. The molecule has 3 N–H and O–H groups in total. The van der Waals surface area contributed by atoms with Gasteiger partial charge in [-0.05, 0) is 44.5 Å². The van der Waals surface area contributed by atoms with E-state index >= 15 is 0 Å². The summed E-state index contributed by atoms with van der Waals surface area (Å²) in [7, 11) is -2.05. The molecule has 0 saturated heterocycles. The minimum absolute atomic E-state index is 0.112. The standard InChI is InChI=1S/C15H26N2O3S/c1-5-15(6-2,11-18)10-17-14-9-13(8-7-12(14)3)21(19,20)16-4/h7-9,16-18H,5-6,10-11H2,1-4H3. The SMILES string of the molecule is CCC(CC)(CO)CNc1cc(S(=O)(=O)NC)ccc1C. The van der Waals surface area contributed by atoms with Crippen LogP contribution in [0.3, 0.4) is 0 Å². The third-order valence-electron chi connectivity index (χ3n) is 4.28. The topological polar surface area (TPSA) is 78.4 Å². The van der Waals surface area contributed by atoms with E-state index in [0.717, 1.165) is 24.1 Å². The molecule has 0 saturated carbocycles. The number of hydrogen-bond donors (Lipinski definition) is 3. The highest BCUT2D eigenvalue weighted by molar-refractivity contribution is 7.89. The fraction of sp³-hybridized carbons (Fsp3) is 0.600. The molecule has 0 radical (unpaired) electrons. The van der Waals surface area contributed by atoms with Crippen LogP contribution in [0.2, 0.25) is 0 Å². The molecule has 0 aliphatic rings. The second-order valence-electron chi connectivity index (χ2n) is 5.40. The van der Waals surface area contributed by atoms with Crippen molar-refractivity contribution in [1.82, 2.24) is 4.72 Å². The number of sulfonamides is 1. The third-order valence-corrected chi connectivity index (χ3v) is 5.69. The van der Waals surface area contributed by atoms with Gasteiger partial charge in [0.2, 0.25) is 10.0 Å². The number of aliphatic hydroxyl groups excluding tert-OH is 1. The van der Waals surface area contributed by atoms with Crippen LogP contribution < -0.4 is 10.0 Å².